The molecule has 0 saturated heterocycles. The van der Waals surface area contributed by atoms with Crippen LogP contribution in [0.4, 0.5) is 0 Å². The first kappa shape index (κ1) is 15.1. The zero-order valence-corrected chi connectivity index (χ0v) is 14.0. The van der Waals surface area contributed by atoms with Crippen molar-refractivity contribution >= 4 is 37.3 Å². The van der Waals surface area contributed by atoms with E-state index in [9.17, 15) is 8.42 Å². The van der Waals surface area contributed by atoms with Crippen molar-refractivity contribution in [1.29, 1.82) is 0 Å². The van der Waals surface area contributed by atoms with Crippen molar-refractivity contribution in [3.8, 4) is 11.1 Å². The maximum atomic E-state index is 12.0. The molecule has 24 heavy (non-hydrogen) atoms. The first-order valence-electron chi connectivity index (χ1n) is 7.10. The number of thiophene rings is 1. The van der Waals surface area contributed by atoms with Crippen LogP contribution in [0.15, 0.2) is 68.0 Å². The minimum Gasteiger partial charge on any atom is -0.239 e. The highest BCUT2D eigenvalue weighted by molar-refractivity contribution is 7.89. The van der Waals surface area contributed by atoms with E-state index in [0.29, 0.717) is 11.4 Å². The van der Waals surface area contributed by atoms with Gasteiger partial charge in [-0.15, -0.1) is 16.5 Å². The maximum Gasteiger partial charge on any atom is 0.238 e. The number of fused-ring (bicyclic) bond motifs is 1. The second-order valence-corrected chi connectivity index (χ2v) is 7.67. The summed E-state index contributed by atoms with van der Waals surface area (Å²) in [6.07, 6.45) is 0. The molecule has 1 aliphatic heterocycles. The topological polar surface area (TPSA) is 97.2 Å². The molecule has 0 bridgehead atoms. The van der Waals surface area contributed by atoms with Gasteiger partial charge < -0.3 is 0 Å². The summed E-state index contributed by atoms with van der Waals surface area (Å²) >= 11 is 1.60. The van der Waals surface area contributed by atoms with Crippen LogP contribution in [-0.4, -0.2) is 20.9 Å². The van der Waals surface area contributed by atoms with Gasteiger partial charge in [0.15, 0.2) is 12.5 Å². The molecule has 0 amide bonds. The molecule has 0 atom stereocenters. The molecule has 2 N–H and O–H groups in total. The Morgan fingerprint density at radius 2 is 1.88 bits per heavy atom. The van der Waals surface area contributed by atoms with Crippen molar-refractivity contribution in [3.05, 3.63) is 53.4 Å². The van der Waals surface area contributed by atoms with Crippen molar-refractivity contribution in [1.82, 2.24) is 0 Å². The Kier molecular flexibility index (Phi) is 3.52. The van der Waals surface area contributed by atoms with Gasteiger partial charge in [-0.25, -0.2) is 18.5 Å². The average Bonchev–Trinajstić information content (AvgIpc) is 3.23. The molecule has 1 aliphatic rings. The molecule has 2 aromatic carbocycles. The third-order valence-electron chi connectivity index (χ3n) is 3.78. The molecule has 2 heterocycles. The second-order valence-electron chi connectivity index (χ2n) is 5.23. The number of primary sulfonamides is 1. The van der Waals surface area contributed by atoms with Gasteiger partial charge in [0.1, 0.15) is 0 Å². The van der Waals surface area contributed by atoms with Crippen LogP contribution in [0.3, 0.4) is 0 Å². The van der Waals surface area contributed by atoms with Crippen LogP contribution in [0.2, 0.25) is 0 Å². The van der Waals surface area contributed by atoms with Crippen LogP contribution >= 0.6 is 11.3 Å². The lowest BCUT2D eigenvalue weighted by atomic mass is 9.98. The molecular weight excluding hydrogens is 344 g/mol. The summed E-state index contributed by atoms with van der Waals surface area (Å²) in [6, 6.07) is 13.0. The lowest BCUT2D eigenvalue weighted by Gasteiger charge is -2.11. The molecule has 0 spiro atoms. The summed E-state index contributed by atoms with van der Waals surface area (Å²) in [5.74, 6) is 0.296. The molecule has 0 fully saturated rings. The first-order valence-corrected chi connectivity index (χ1v) is 9.53. The van der Waals surface area contributed by atoms with Gasteiger partial charge in [-0.3, -0.25) is 0 Å². The fourth-order valence-electron chi connectivity index (χ4n) is 2.77. The molecule has 6 nitrogen and oxygen atoms in total. The zero-order chi connectivity index (χ0) is 16.7. The number of nitrogens with two attached hydrogens (primary N) is 1. The Balaban J connectivity index is 2.08. The molecule has 8 heteroatoms. The Morgan fingerprint density at radius 1 is 1.04 bits per heavy atom. The van der Waals surface area contributed by atoms with Gasteiger partial charge in [-0.2, -0.15) is 5.11 Å². The minimum absolute atomic E-state index is 0.00915. The molecule has 0 radical (unpaired) electrons. The highest BCUT2D eigenvalue weighted by Crippen LogP contribution is 2.38. The van der Waals surface area contributed by atoms with E-state index >= 15 is 0 Å². The quantitative estimate of drug-likeness (QED) is 0.778. The van der Waals surface area contributed by atoms with Gasteiger partial charge in [0, 0.05) is 21.2 Å². The number of nitrogens with zero attached hydrogens (tertiary/aromatic N) is 3. The van der Waals surface area contributed by atoms with Gasteiger partial charge >= 0.3 is 0 Å². The molecule has 4 rings (SSSR count). The van der Waals surface area contributed by atoms with Gasteiger partial charge in [-0.05, 0) is 23.1 Å². The highest BCUT2D eigenvalue weighted by atomic mass is 32.2. The van der Waals surface area contributed by atoms with E-state index in [0.717, 1.165) is 21.2 Å². The summed E-state index contributed by atoms with van der Waals surface area (Å²) in [7, 11) is -3.92. The molecular formula is C16H12N4O2S2. The second kappa shape index (κ2) is 5.59. The number of hydrogen-bond donors (Lipinski definition) is 1. The fraction of sp³-hybridized carbons (Fsp3) is 0.0625. The van der Waals surface area contributed by atoms with Crippen molar-refractivity contribution in [2.45, 2.75) is 4.90 Å². The van der Waals surface area contributed by atoms with Gasteiger partial charge in [-0.1, -0.05) is 30.3 Å². The predicted molar refractivity (Wildman–Crippen MR) is 94.9 cm³/mol. The van der Waals surface area contributed by atoms with Gasteiger partial charge in [0.25, 0.3) is 0 Å². The van der Waals surface area contributed by atoms with E-state index in [1.807, 2.05) is 35.7 Å². The van der Waals surface area contributed by atoms with Crippen LogP contribution in [-0.2, 0) is 10.0 Å². The summed E-state index contributed by atoms with van der Waals surface area (Å²) < 4.78 is 25.2. The zero-order valence-electron chi connectivity index (χ0n) is 12.4. The van der Waals surface area contributed by atoms with Gasteiger partial charge in [0.2, 0.25) is 10.0 Å². The van der Waals surface area contributed by atoms with Crippen molar-refractivity contribution in [3.63, 3.8) is 0 Å². The molecule has 1 aromatic heterocycles. The molecule has 0 saturated carbocycles. The summed E-state index contributed by atoms with van der Waals surface area (Å²) in [6.45, 7) is 0.193. The minimum atomic E-state index is -3.92. The van der Waals surface area contributed by atoms with E-state index in [1.54, 1.807) is 17.4 Å². The van der Waals surface area contributed by atoms with Crippen LogP contribution in [0, 0.1) is 0 Å². The average molecular weight is 356 g/mol. The Labute approximate surface area is 142 Å². The Morgan fingerprint density at radius 3 is 2.62 bits per heavy atom. The lowest BCUT2D eigenvalue weighted by Crippen LogP contribution is -2.17. The van der Waals surface area contributed by atoms with Crippen LogP contribution in [0.5, 0.6) is 0 Å². The smallest absolute Gasteiger partial charge is 0.238 e. The van der Waals surface area contributed by atoms with Crippen molar-refractivity contribution in [2.75, 3.05) is 6.67 Å². The molecule has 120 valence electrons. The Bertz CT molecular complexity index is 1110. The SMILES string of the molecule is NS(=O)(=O)c1cccc(-c2csc3ccccc23)c1C1=NCN=N1. The molecule has 3 aromatic rings. The number of amidine groups is 1. The Hall–Kier alpha value is -2.42. The van der Waals surface area contributed by atoms with Crippen molar-refractivity contribution in [2.24, 2.45) is 20.4 Å². The van der Waals surface area contributed by atoms with Crippen LogP contribution < -0.4 is 5.14 Å². The summed E-state index contributed by atoms with van der Waals surface area (Å²) in [4.78, 5) is 4.21. The van der Waals surface area contributed by atoms with Gasteiger partial charge in [0.05, 0.1) is 4.90 Å². The van der Waals surface area contributed by atoms with E-state index < -0.39 is 10.0 Å². The summed E-state index contributed by atoms with van der Waals surface area (Å²) in [5, 5.41) is 16.3. The van der Waals surface area contributed by atoms with Crippen molar-refractivity contribution < 1.29 is 8.42 Å². The normalized spacial score (nSPS) is 14.3. The molecule has 0 aliphatic carbocycles. The third kappa shape index (κ3) is 2.44. The standard InChI is InChI=1S/C16H12N4O2S2/c17-24(21,22)14-7-3-5-11(15(14)16-18-9-19-20-16)12-8-23-13-6-2-1-4-10(12)13/h1-8H,9H2,(H2,17,21,22). The van der Waals surface area contributed by atoms with Crippen LogP contribution in [0.25, 0.3) is 21.2 Å². The number of sulfonamides is 1. The highest BCUT2D eigenvalue weighted by Gasteiger charge is 2.24. The number of benzene rings is 2. The van der Waals surface area contributed by atoms with Crippen LogP contribution in [0.1, 0.15) is 5.56 Å². The van der Waals surface area contributed by atoms with E-state index in [2.05, 4.69) is 15.2 Å². The molecule has 0 unspecified atom stereocenters. The number of hydrogen-bond acceptors (Lipinski definition) is 6. The van der Waals surface area contributed by atoms with E-state index in [1.165, 1.54) is 6.07 Å². The monoisotopic (exact) mass is 356 g/mol. The largest absolute Gasteiger partial charge is 0.239 e. The number of rotatable bonds is 3. The third-order valence-corrected chi connectivity index (χ3v) is 5.69. The van der Waals surface area contributed by atoms with E-state index in [4.69, 9.17) is 5.14 Å². The number of azo groups is 1. The fourth-order valence-corrected chi connectivity index (χ4v) is 4.48. The number of aliphatic imine (C=N–C) groups is 1. The summed E-state index contributed by atoms with van der Waals surface area (Å²) in [5.41, 5.74) is 2.07. The maximum absolute atomic E-state index is 12.0. The first-order chi connectivity index (χ1) is 11.6. The predicted octanol–water partition coefficient (Wildman–Crippen LogP) is 3.39. The van der Waals surface area contributed by atoms with E-state index in [-0.39, 0.29) is 11.6 Å². The lowest BCUT2D eigenvalue weighted by molar-refractivity contribution is 0.597.